The number of hydrogen-bond acceptors (Lipinski definition) is 11. The van der Waals surface area contributed by atoms with Gasteiger partial charge < -0.3 is 35.8 Å². The molecule has 4 atom stereocenters. The van der Waals surface area contributed by atoms with Gasteiger partial charge in [0, 0.05) is 12.3 Å². The van der Waals surface area contributed by atoms with Crippen molar-refractivity contribution >= 4 is 40.0 Å². The molecule has 3 unspecified atom stereocenters. The van der Waals surface area contributed by atoms with Crippen molar-refractivity contribution in [3.63, 3.8) is 0 Å². The number of nitrogens with one attached hydrogen (secondary N) is 2. The van der Waals surface area contributed by atoms with Crippen LogP contribution in [0.5, 0.6) is 5.75 Å². The van der Waals surface area contributed by atoms with Crippen LogP contribution in [0, 0.1) is 0 Å². The summed E-state index contributed by atoms with van der Waals surface area (Å²) in [6.45, 7) is -0.0984. The third-order valence-electron chi connectivity index (χ3n) is 5.13. The van der Waals surface area contributed by atoms with Gasteiger partial charge >= 0.3 is 5.97 Å². The Morgan fingerprint density at radius 1 is 1.12 bits per heavy atom. The maximum absolute atomic E-state index is 11.7. The second-order valence-corrected chi connectivity index (χ2v) is 8.45. The lowest BCUT2D eigenvalue weighted by Crippen LogP contribution is -2.33. The molecular weight excluding hydrogens is 468 g/mol. The van der Waals surface area contributed by atoms with E-state index in [1.54, 1.807) is 24.3 Å². The fourth-order valence-corrected chi connectivity index (χ4v) is 4.19. The van der Waals surface area contributed by atoms with Gasteiger partial charge in [-0.2, -0.15) is 0 Å². The van der Waals surface area contributed by atoms with Crippen LogP contribution in [0.15, 0.2) is 36.9 Å². The third kappa shape index (κ3) is 5.20. The summed E-state index contributed by atoms with van der Waals surface area (Å²) in [5, 5.41) is 43.8. The Morgan fingerprint density at radius 2 is 1.88 bits per heavy atom. The smallest absolute Gasteiger partial charge is 0.323 e. The Bertz CT molecular complexity index is 1170. The van der Waals surface area contributed by atoms with Gasteiger partial charge in [0.1, 0.15) is 30.8 Å². The van der Waals surface area contributed by atoms with Gasteiger partial charge in [0.25, 0.3) is 5.24 Å². The number of amides is 1. The number of aliphatic hydroxyl groups excluding tert-OH is 2. The van der Waals surface area contributed by atoms with Crippen LogP contribution in [-0.4, -0.2) is 81.8 Å². The standard InChI is InChI=1S/C20H22N6O7S/c27-11-3-1-10(2-4-11)5-21-17-14-18(24-8-23-17)26(9-25-14)19-16(31)15(30)12(33-19)7-34-20(32)22-6-13(28)29/h1-4,8-9,12,15-16,19,27,30-31H,5-7H2,(H,22,32)(H,28,29)(H,21,23,24)/t12?,15?,16?,19-/m1/s1. The van der Waals surface area contributed by atoms with Gasteiger partial charge in [0.05, 0.1) is 12.4 Å². The number of carboxylic acid groups (broad SMARTS) is 1. The van der Waals surface area contributed by atoms with Gasteiger partial charge in [-0.15, -0.1) is 0 Å². The zero-order valence-electron chi connectivity index (χ0n) is 17.6. The quantitative estimate of drug-likeness (QED) is 0.253. The summed E-state index contributed by atoms with van der Waals surface area (Å²) in [5.74, 6) is -0.553. The summed E-state index contributed by atoms with van der Waals surface area (Å²) in [4.78, 5) is 35.0. The molecule has 14 heteroatoms. The number of carbonyl (C=O) groups is 2. The minimum atomic E-state index is -1.31. The van der Waals surface area contributed by atoms with Crippen molar-refractivity contribution in [1.29, 1.82) is 0 Å². The van der Waals surface area contributed by atoms with E-state index in [0.29, 0.717) is 23.5 Å². The average Bonchev–Trinajstić information content (AvgIpc) is 3.37. The van der Waals surface area contributed by atoms with Crippen molar-refractivity contribution in [2.75, 3.05) is 17.6 Å². The Kier molecular flexibility index (Phi) is 7.12. The molecule has 3 heterocycles. The molecule has 1 aliphatic heterocycles. The van der Waals surface area contributed by atoms with E-state index in [0.717, 1.165) is 17.3 Å². The van der Waals surface area contributed by atoms with Gasteiger partial charge in [0.15, 0.2) is 23.2 Å². The van der Waals surface area contributed by atoms with Gasteiger partial charge in [0.2, 0.25) is 0 Å². The topological polar surface area (TPSA) is 192 Å². The molecular formula is C20H22N6O7S. The van der Waals surface area contributed by atoms with Crippen molar-refractivity contribution in [2.24, 2.45) is 0 Å². The molecule has 1 aromatic carbocycles. The molecule has 0 aliphatic carbocycles. The second kappa shape index (κ2) is 10.2. The van der Waals surface area contributed by atoms with E-state index in [-0.39, 0.29) is 11.5 Å². The molecule has 0 radical (unpaired) electrons. The molecule has 2 aromatic heterocycles. The second-order valence-electron chi connectivity index (χ2n) is 7.46. The van der Waals surface area contributed by atoms with Crippen LogP contribution < -0.4 is 10.6 Å². The number of aromatic nitrogens is 4. The minimum Gasteiger partial charge on any atom is -0.508 e. The number of benzene rings is 1. The summed E-state index contributed by atoms with van der Waals surface area (Å²) in [6, 6.07) is 6.69. The van der Waals surface area contributed by atoms with Crippen LogP contribution in [0.25, 0.3) is 11.2 Å². The highest BCUT2D eigenvalue weighted by Crippen LogP contribution is 2.33. The number of phenolic OH excluding ortho intramolecular Hbond substituents is 1. The number of carbonyl (C=O) groups excluding carboxylic acids is 1. The van der Waals surface area contributed by atoms with Crippen molar-refractivity contribution < 1.29 is 34.8 Å². The molecule has 6 N–H and O–H groups in total. The summed E-state index contributed by atoms with van der Waals surface area (Å²) in [6.07, 6.45) is -1.73. The van der Waals surface area contributed by atoms with E-state index in [4.69, 9.17) is 9.84 Å². The number of fused-ring (bicyclic) bond motifs is 1. The number of ether oxygens (including phenoxy) is 1. The first-order chi connectivity index (χ1) is 16.3. The van der Waals surface area contributed by atoms with Crippen molar-refractivity contribution in [3.8, 4) is 5.75 Å². The summed E-state index contributed by atoms with van der Waals surface area (Å²) in [5.41, 5.74) is 1.71. The third-order valence-corrected chi connectivity index (χ3v) is 6.03. The number of nitrogens with zero attached hydrogens (tertiary/aromatic N) is 4. The molecule has 180 valence electrons. The van der Waals surface area contributed by atoms with Gasteiger partial charge in [-0.05, 0) is 17.7 Å². The maximum atomic E-state index is 11.7. The first-order valence-electron chi connectivity index (χ1n) is 10.2. The van der Waals surface area contributed by atoms with Gasteiger partial charge in [-0.1, -0.05) is 23.9 Å². The Labute approximate surface area is 196 Å². The monoisotopic (exact) mass is 490 g/mol. The summed E-state index contributed by atoms with van der Waals surface area (Å²) < 4.78 is 7.27. The van der Waals surface area contributed by atoms with Gasteiger partial charge in [-0.3, -0.25) is 14.2 Å². The number of aliphatic hydroxyl groups is 2. The molecule has 1 fully saturated rings. The number of phenols is 1. The number of anilines is 1. The van der Waals surface area contributed by atoms with Crippen LogP contribution in [0.3, 0.4) is 0 Å². The molecule has 1 saturated heterocycles. The first-order valence-corrected chi connectivity index (χ1v) is 11.2. The molecule has 1 aliphatic rings. The van der Waals surface area contributed by atoms with E-state index in [9.17, 15) is 24.9 Å². The van der Waals surface area contributed by atoms with Crippen LogP contribution in [0.1, 0.15) is 11.8 Å². The highest BCUT2D eigenvalue weighted by atomic mass is 32.2. The average molecular weight is 490 g/mol. The SMILES string of the molecule is O=C(O)CNC(=O)SCC1O[C@@H](n2cnc3c(NCc4ccc(O)cc4)ncnc32)C(O)C1O. The van der Waals surface area contributed by atoms with E-state index in [2.05, 4.69) is 25.6 Å². The molecule has 0 bridgehead atoms. The number of aromatic hydroxyl groups is 1. The molecule has 34 heavy (non-hydrogen) atoms. The summed E-state index contributed by atoms with van der Waals surface area (Å²) >= 11 is 0.747. The Hall–Kier alpha value is -3.46. The molecule has 3 aromatic rings. The van der Waals surface area contributed by atoms with E-state index in [1.165, 1.54) is 17.2 Å². The van der Waals surface area contributed by atoms with E-state index in [1.807, 2.05) is 0 Å². The number of hydrogen-bond donors (Lipinski definition) is 6. The van der Waals surface area contributed by atoms with Crippen LogP contribution in [0.4, 0.5) is 10.6 Å². The number of carboxylic acids is 1. The molecule has 1 amide bonds. The highest BCUT2D eigenvalue weighted by molar-refractivity contribution is 8.13. The lowest BCUT2D eigenvalue weighted by atomic mass is 10.1. The van der Waals surface area contributed by atoms with Crippen LogP contribution in [0.2, 0.25) is 0 Å². The highest BCUT2D eigenvalue weighted by Gasteiger charge is 2.44. The number of thioether (sulfide) groups is 1. The number of aliphatic carboxylic acids is 1. The molecule has 4 rings (SSSR count). The predicted octanol–water partition coefficient (Wildman–Crippen LogP) is 0.291. The molecule has 0 spiro atoms. The minimum absolute atomic E-state index is 0.00122. The van der Waals surface area contributed by atoms with Crippen LogP contribution >= 0.6 is 11.8 Å². The normalized spacial score (nSPS) is 22.1. The summed E-state index contributed by atoms with van der Waals surface area (Å²) in [7, 11) is 0. The van der Waals surface area contributed by atoms with E-state index >= 15 is 0 Å². The lowest BCUT2D eigenvalue weighted by Gasteiger charge is -2.16. The fourth-order valence-electron chi connectivity index (χ4n) is 3.42. The largest absolute Gasteiger partial charge is 0.508 e. The van der Waals surface area contributed by atoms with Gasteiger partial charge in [-0.25, -0.2) is 15.0 Å². The maximum Gasteiger partial charge on any atom is 0.323 e. The van der Waals surface area contributed by atoms with Crippen molar-refractivity contribution in [1.82, 2.24) is 24.8 Å². The van der Waals surface area contributed by atoms with Crippen molar-refractivity contribution in [3.05, 3.63) is 42.5 Å². The predicted molar refractivity (Wildman–Crippen MR) is 120 cm³/mol. The zero-order valence-corrected chi connectivity index (χ0v) is 18.4. The number of imidazole rings is 1. The fraction of sp³-hybridized carbons (Fsp3) is 0.350. The first kappa shape index (κ1) is 23.7. The number of rotatable bonds is 8. The lowest BCUT2D eigenvalue weighted by molar-refractivity contribution is -0.135. The van der Waals surface area contributed by atoms with Crippen LogP contribution in [-0.2, 0) is 16.1 Å². The Balaban J connectivity index is 1.44. The Morgan fingerprint density at radius 3 is 2.62 bits per heavy atom. The molecule has 0 saturated carbocycles. The van der Waals surface area contributed by atoms with E-state index < -0.39 is 42.3 Å². The zero-order chi connectivity index (χ0) is 24.2. The molecule has 13 nitrogen and oxygen atoms in total. The van der Waals surface area contributed by atoms with Crippen molar-refractivity contribution in [2.45, 2.75) is 31.1 Å².